The molecule has 2 rings (SSSR count). The van der Waals surface area contributed by atoms with Gasteiger partial charge in [0.15, 0.2) is 0 Å². The van der Waals surface area contributed by atoms with E-state index in [1.807, 2.05) is 24.3 Å². The molecule has 4 N–H and O–H groups in total. The van der Waals surface area contributed by atoms with E-state index in [2.05, 4.69) is 10.3 Å². The van der Waals surface area contributed by atoms with Gasteiger partial charge < -0.3 is 20.9 Å². The minimum Gasteiger partial charge on any atom is -0.497 e. The monoisotopic (exact) mass is 273 g/mol. The lowest BCUT2D eigenvalue weighted by molar-refractivity contribution is 0.0696. The van der Waals surface area contributed by atoms with Gasteiger partial charge in [-0.25, -0.2) is 9.78 Å². The Balaban J connectivity index is 2.04. The molecule has 0 bridgehead atoms. The number of hydrogen-bond donors (Lipinski definition) is 3. The number of pyridine rings is 1. The van der Waals surface area contributed by atoms with E-state index in [4.69, 9.17) is 15.6 Å². The molecule has 0 atom stereocenters. The molecule has 0 unspecified atom stereocenters. The first kappa shape index (κ1) is 13.7. The summed E-state index contributed by atoms with van der Waals surface area (Å²) in [6, 6.07) is 8.95. The Kier molecular flexibility index (Phi) is 4.05. The summed E-state index contributed by atoms with van der Waals surface area (Å²) < 4.78 is 5.08. The van der Waals surface area contributed by atoms with Crippen molar-refractivity contribution >= 4 is 17.5 Å². The lowest BCUT2D eigenvalue weighted by atomic mass is 10.2. The standard InChI is InChI=1S/C14H15N3O3/c1-20-11-4-2-9(3-5-11)7-16-13-12(15)6-10(8-17-13)14(18)19/h2-6,8H,7,15H2,1H3,(H,16,17)(H,18,19). The summed E-state index contributed by atoms with van der Waals surface area (Å²) in [6.45, 7) is 0.535. The molecule has 0 aliphatic rings. The predicted octanol–water partition coefficient (Wildman–Crippen LogP) is 1.98. The number of nitrogen functional groups attached to an aromatic ring is 1. The summed E-state index contributed by atoms with van der Waals surface area (Å²) in [5, 5.41) is 11.9. The molecular formula is C14H15N3O3. The second-order valence-corrected chi connectivity index (χ2v) is 4.17. The number of nitrogens with zero attached hydrogens (tertiary/aromatic N) is 1. The molecule has 104 valence electrons. The van der Waals surface area contributed by atoms with Crippen LogP contribution in [0.5, 0.6) is 5.75 Å². The molecule has 1 aromatic carbocycles. The number of nitrogens with two attached hydrogens (primary N) is 1. The number of carboxylic acids is 1. The molecule has 6 heteroatoms. The van der Waals surface area contributed by atoms with Crippen molar-refractivity contribution in [2.75, 3.05) is 18.2 Å². The number of aromatic nitrogens is 1. The van der Waals surface area contributed by atoms with Crippen molar-refractivity contribution in [3.05, 3.63) is 47.7 Å². The van der Waals surface area contributed by atoms with Crippen LogP contribution in [0.1, 0.15) is 15.9 Å². The van der Waals surface area contributed by atoms with Gasteiger partial charge in [0.1, 0.15) is 11.6 Å². The number of anilines is 2. The third kappa shape index (κ3) is 3.17. The average molecular weight is 273 g/mol. The van der Waals surface area contributed by atoms with Gasteiger partial charge in [-0.05, 0) is 23.8 Å². The highest BCUT2D eigenvalue weighted by molar-refractivity contribution is 5.89. The van der Waals surface area contributed by atoms with Crippen LogP contribution in [-0.2, 0) is 6.54 Å². The zero-order chi connectivity index (χ0) is 14.5. The molecule has 2 aromatic rings. The Labute approximate surface area is 116 Å². The fourth-order valence-electron chi connectivity index (χ4n) is 1.68. The van der Waals surface area contributed by atoms with E-state index in [1.165, 1.54) is 12.3 Å². The van der Waals surface area contributed by atoms with E-state index in [-0.39, 0.29) is 5.56 Å². The Morgan fingerprint density at radius 3 is 2.65 bits per heavy atom. The first-order chi connectivity index (χ1) is 9.60. The van der Waals surface area contributed by atoms with Gasteiger partial charge in [0, 0.05) is 12.7 Å². The summed E-state index contributed by atoms with van der Waals surface area (Å²) >= 11 is 0. The van der Waals surface area contributed by atoms with Gasteiger partial charge in [-0.3, -0.25) is 0 Å². The third-order valence-corrected chi connectivity index (χ3v) is 2.78. The molecule has 1 aromatic heterocycles. The van der Waals surface area contributed by atoms with Crippen LogP contribution in [0, 0.1) is 0 Å². The molecule has 0 amide bonds. The Bertz CT molecular complexity index is 612. The maximum absolute atomic E-state index is 10.8. The van der Waals surface area contributed by atoms with Crippen LogP contribution in [-0.4, -0.2) is 23.2 Å². The van der Waals surface area contributed by atoms with Gasteiger partial charge in [0.2, 0.25) is 0 Å². The Morgan fingerprint density at radius 2 is 2.10 bits per heavy atom. The number of methoxy groups -OCH3 is 1. The molecular weight excluding hydrogens is 258 g/mol. The highest BCUT2D eigenvalue weighted by atomic mass is 16.5. The van der Waals surface area contributed by atoms with Gasteiger partial charge in [-0.1, -0.05) is 12.1 Å². The quantitative estimate of drug-likeness (QED) is 0.770. The maximum atomic E-state index is 10.8. The molecule has 6 nitrogen and oxygen atoms in total. The number of aromatic carboxylic acids is 1. The van der Waals surface area contributed by atoms with E-state index >= 15 is 0 Å². The SMILES string of the molecule is COc1ccc(CNc2ncc(C(=O)O)cc2N)cc1. The fraction of sp³-hybridized carbons (Fsp3) is 0.143. The number of nitrogens with one attached hydrogen (secondary N) is 1. The predicted molar refractivity (Wildman–Crippen MR) is 75.9 cm³/mol. The second-order valence-electron chi connectivity index (χ2n) is 4.17. The van der Waals surface area contributed by atoms with Gasteiger partial charge in [-0.2, -0.15) is 0 Å². The summed E-state index contributed by atoms with van der Waals surface area (Å²) in [4.78, 5) is 14.8. The average Bonchev–Trinajstić information content (AvgIpc) is 2.46. The van der Waals surface area contributed by atoms with Crippen LogP contribution in [0.3, 0.4) is 0 Å². The van der Waals surface area contributed by atoms with Crippen LogP contribution in [0.4, 0.5) is 11.5 Å². The van der Waals surface area contributed by atoms with Crippen LogP contribution < -0.4 is 15.8 Å². The van der Waals surface area contributed by atoms with Crippen molar-refractivity contribution in [1.29, 1.82) is 0 Å². The molecule has 0 aliphatic heterocycles. The lowest BCUT2D eigenvalue weighted by Crippen LogP contribution is -2.07. The summed E-state index contributed by atoms with van der Waals surface area (Å²) in [5.41, 5.74) is 7.17. The van der Waals surface area contributed by atoms with Crippen molar-refractivity contribution in [3.8, 4) is 5.75 Å². The first-order valence-electron chi connectivity index (χ1n) is 5.96. The van der Waals surface area contributed by atoms with Crippen LogP contribution >= 0.6 is 0 Å². The van der Waals surface area contributed by atoms with Crippen molar-refractivity contribution in [1.82, 2.24) is 4.98 Å². The normalized spacial score (nSPS) is 10.1. The molecule has 20 heavy (non-hydrogen) atoms. The third-order valence-electron chi connectivity index (χ3n) is 2.78. The summed E-state index contributed by atoms with van der Waals surface area (Å²) in [6.07, 6.45) is 1.27. The van der Waals surface area contributed by atoms with Crippen LogP contribution in [0.25, 0.3) is 0 Å². The van der Waals surface area contributed by atoms with Crippen molar-refractivity contribution in [3.63, 3.8) is 0 Å². The summed E-state index contributed by atoms with van der Waals surface area (Å²) in [5.74, 6) is 0.203. The highest BCUT2D eigenvalue weighted by Crippen LogP contribution is 2.18. The van der Waals surface area contributed by atoms with Crippen molar-refractivity contribution in [2.45, 2.75) is 6.54 Å². The zero-order valence-corrected chi connectivity index (χ0v) is 11.0. The lowest BCUT2D eigenvalue weighted by Gasteiger charge is -2.09. The topological polar surface area (TPSA) is 97.5 Å². The Hall–Kier alpha value is -2.76. The van der Waals surface area contributed by atoms with Crippen LogP contribution in [0.15, 0.2) is 36.5 Å². The minimum atomic E-state index is -1.05. The van der Waals surface area contributed by atoms with Crippen molar-refractivity contribution in [2.24, 2.45) is 0 Å². The number of carboxylic acid groups (broad SMARTS) is 1. The zero-order valence-electron chi connectivity index (χ0n) is 11.0. The number of benzene rings is 1. The van der Waals surface area contributed by atoms with E-state index in [1.54, 1.807) is 7.11 Å². The van der Waals surface area contributed by atoms with E-state index in [0.717, 1.165) is 11.3 Å². The smallest absolute Gasteiger partial charge is 0.337 e. The largest absolute Gasteiger partial charge is 0.497 e. The minimum absolute atomic E-state index is 0.0671. The molecule has 0 saturated heterocycles. The van der Waals surface area contributed by atoms with Gasteiger partial charge >= 0.3 is 5.97 Å². The van der Waals surface area contributed by atoms with Crippen molar-refractivity contribution < 1.29 is 14.6 Å². The summed E-state index contributed by atoms with van der Waals surface area (Å²) in [7, 11) is 1.61. The first-order valence-corrected chi connectivity index (χ1v) is 5.96. The highest BCUT2D eigenvalue weighted by Gasteiger charge is 2.07. The number of carbonyl (C=O) groups is 1. The van der Waals surface area contributed by atoms with Gasteiger partial charge in [0.25, 0.3) is 0 Å². The maximum Gasteiger partial charge on any atom is 0.337 e. The van der Waals surface area contributed by atoms with E-state index < -0.39 is 5.97 Å². The molecule has 0 saturated carbocycles. The van der Waals surface area contributed by atoms with E-state index in [0.29, 0.717) is 18.1 Å². The fourth-order valence-corrected chi connectivity index (χ4v) is 1.68. The molecule has 1 heterocycles. The van der Waals surface area contributed by atoms with Crippen LogP contribution in [0.2, 0.25) is 0 Å². The Morgan fingerprint density at radius 1 is 1.40 bits per heavy atom. The number of hydrogen-bond acceptors (Lipinski definition) is 5. The van der Waals surface area contributed by atoms with Gasteiger partial charge in [-0.15, -0.1) is 0 Å². The second kappa shape index (κ2) is 5.92. The number of rotatable bonds is 5. The molecule has 0 aliphatic carbocycles. The van der Waals surface area contributed by atoms with Gasteiger partial charge in [0.05, 0.1) is 18.4 Å². The molecule has 0 spiro atoms. The molecule has 0 fully saturated rings. The van der Waals surface area contributed by atoms with E-state index in [9.17, 15) is 4.79 Å². The number of ether oxygens (including phenoxy) is 1. The molecule has 0 radical (unpaired) electrons.